The standard InChI is InChI=1S/C13H14FN3O3/c1-9(2)16-7-6-15(13(16)18)8-10-4-3-5-11(12(10)14)17(19)20/h3-7,9H,8H2,1-2H3. The minimum absolute atomic E-state index is 0.00120. The quantitative estimate of drug-likeness (QED) is 0.637. The fourth-order valence-electron chi connectivity index (χ4n) is 1.95. The average Bonchev–Trinajstić information content (AvgIpc) is 2.73. The fraction of sp³-hybridized carbons (Fsp3) is 0.308. The zero-order chi connectivity index (χ0) is 14.9. The maximum Gasteiger partial charge on any atom is 0.328 e. The number of nitro benzene ring substituents is 1. The Bertz CT molecular complexity index is 703. The lowest BCUT2D eigenvalue weighted by molar-refractivity contribution is -0.387. The smallest absolute Gasteiger partial charge is 0.297 e. The van der Waals surface area contributed by atoms with Crippen molar-refractivity contribution in [1.82, 2.24) is 9.13 Å². The van der Waals surface area contributed by atoms with Gasteiger partial charge in [0.2, 0.25) is 5.82 Å². The monoisotopic (exact) mass is 279 g/mol. The Hall–Kier alpha value is -2.44. The molecule has 0 amide bonds. The van der Waals surface area contributed by atoms with Gasteiger partial charge in [0.05, 0.1) is 11.5 Å². The molecule has 0 aliphatic carbocycles. The van der Waals surface area contributed by atoms with Crippen LogP contribution in [0.4, 0.5) is 10.1 Å². The lowest BCUT2D eigenvalue weighted by Gasteiger charge is -2.06. The predicted molar refractivity (Wildman–Crippen MR) is 71.2 cm³/mol. The van der Waals surface area contributed by atoms with E-state index in [1.807, 2.05) is 13.8 Å². The molecular weight excluding hydrogens is 265 g/mol. The van der Waals surface area contributed by atoms with Crippen LogP contribution in [-0.4, -0.2) is 14.1 Å². The molecule has 0 fully saturated rings. The van der Waals surface area contributed by atoms with Crippen LogP contribution in [0, 0.1) is 15.9 Å². The van der Waals surface area contributed by atoms with Gasteiger partial charge in [0.15, 0.2) is 0 Å². The molecule has 0 saturated heterocycles. The number of rotatable bonds is 4. The van der Waals surface area contributed by atoms with Crippen LogP contribution in [0.3, 0.4) is 0 Å². The third-order valence-corrected chi connectivity index (χ3v) is 3.03. The maximum atomic E-state index is 13.9. The molecule has 20 heavy (non-hydrogen) atoms. The first-order valence-electron chi connectivity index (χ1n) is 6.11. The summed E-state index contributed by atoms with van der Waals surface area (Å²) in [6, 6.07) is 3.93. The van der Waals surface area contributed by atoms with Crippen LogP contribution in [0.25, 0.3) is 0 Å². The summed E-state index contributed by atoms with van der Waals surface area (Å²) >= 11 is 0. The Balaban J connectivity index is 2.39. The molecule has 2 rings (SSSR count). The molecule has 2 aromatic rings. The third-order valence-electron chi connectivity index (χ3n) is 3.03. The van der Waals surface area contributed by atoms with Gasteiger partial charge in [0.25, 0.3) is 0 Å². The summed E-state index contributed by atoms with van der Waals surface area (Å²) in [5.41, 5.74) is -0.743. The van der Waals surface area contributed by atoms with E-state index < -0.39 is 16.4 Å². The lowest BCUT2D eigenvalue weighted by atomic mass is 10.2. The van der Waals surface area contributed by atoms with E-state index in [1.165, 1.54) is 21.3 Å². The van der Waals surface area contributed by atoms with Crippen molar-refractivity contribution in [2.24, 2.45) is 0 Å². The Labute approximate surface area is 114 Å². The molecule has 1 heterocycles. The van der Waals surface area contributed by atoms with Crippen LogP contribution in [0.5, 0.6) is 0 Å². The first-order valence-corrected chi connectivity index (χ1v) is 6.11. The lowest BCUT2D eigenvalue weighted by Crippen LogP contribution is -2.25. The molecule has 0 N–H and O–H groups in total. The summed E-state index contributed by atoms with van der Waals surface area (Å²) in [7, 11) is 0. The molecule has 0 aliphatic rings. The zero-order valence-corrected chi connectivity index (χ0v) is 11.1. The molecule has 0 saturated carbocycles. The van der Waals surface area contributed by atoms with E-state index in [0.717, 1.165) is 6.07 Å². The van der Waals surface area contributed by atoms with E-state index >= 15 is 0 Å². The second-order valence-electron chi connectivity index (χ2n) is 4.72. The number of halogens is 1. The summed E-state index contributed by atoms with van der Waals surface area (Å²) in [4.78, 5) is 21.9. The number of hydrogen-bond acceptors (Lipinski definition) is 3. The van der Waals surface area contributed by atoms with Gasteiger partial charge in [-0.3, -0.25) is 19.2 Å². The van der Waals surface area contributed by atoms with Crippen molar-refractivity contribution in [2.75, 3.05) is 0 Å². The number of nitro groups is 1. The molecule has 1 aromatic heterocycles. The minimum atomic E-state index is -0.901. The fourth-order valence-corrected chi connectivity index (χ4v) is 1.95. The minimum Gasteiger partial charge on any atom is -0.297 e. The van der Waals surface area contributed by atoms with E-state index in [4.69, 9.17) is 0 Å². The molecule has 0 bridgehead atoms. The molecule has 0 spiro atoms. The normalized spacial score (nSPS) is 11.0. The van der Waals surface area contributed by atoms with Crippen molar-refractivity contribution < 1.29 is 9.31 Å². The maximum absolute atomic E-state index is 13.9. The van der Waals surface area contributed by atoms with Crippen molar-refractivity contribution in [1.29, 1.82) is 0 Å². The van der Waals surface area contributed by atoms with E-state index in [1.54, 1.807) is 12.4 Å². The van der Waals surface area contributed by atoms with Crippen molar-refractivity contribution in [2.45, 2.75) is 26.4 Å². The molecule has 6 nitrogen and oxygen atoms in total. The van der Waals surface area contributed by atoms with Gasteiger partial charge >= 0.3 is 11.4 Å². The van der Waals surface area contributed by atoms with Crippen molar-refractivity contribution in [3.05, 3.63) is 62.6 Å². The first-order chi connectivity index (χ1) is 9.41. The first kappa shape index (κ1) is 14.0. The molecule has 0 unspecified atom stereocenters. The van der Waals surface area contributed by atoms with Crippen LogP contribution in [0.15, 0.2) is 35.4 Å². The molecule has 0 aliphatic heterocycles. The second-order valence-corrected chi connectivity index (χ2v) is 4.72. The van der Waals surface area contributed by atoms with Gasteiger partial charge < -0.3 is 0 Å². The Morgan fingerprint density at radius 2 is 2.05 bits per heavy atom. The molecule has 0 radical (unpaired) electrons. The Kier molecular flexibility index (Phi) is 3.69. The van der Waals surface area contributed by atoms with Crippen molar-refractivity contribution >= 4 is 5.69 Å². The largest absolute Gasteiger partial charge is 0.328 e. The Morgan fingerprint density at radius 3 is 2.60 bits per heavy atom. The number of hydrogen-bond donors (Lipinski definition) is 0. The number of benzene rings is 1. The van der Waals surface area contributed by atoms with Gasteiger partial charge in [-0.25, -0.2) is 4.79 Å². The summed E-state index contributed by atoms with van der Waals surface area (Å²) in [5, 5.41) is 10.7. The number of nitrogens with zero attached hydrogens (tertiary/aromatic N) is 3. The molecule has 1 aromatic carbocycles. The second kappa shape index (κ2) is 5.28. The van der Waals surface area contributed by atoms with Crippen LogP contribution in [0.1, 0.15) is 25.5 Å². The summed E-state index contributed by atoms with van der Waals surface area (Å²) < 4.78 is 16.8. The van der Waals surface area contributed by atoms with E-state index in [2.05, 4.69) is 0 Å². The summed E-state index contributed by atoms with van der Waals surface area (Å²) in [6.07, 6.45) is 3.16. The van der Waals surface area contributed by atoms with Crippen molar-refractivity contribution in [3.63, 3.8) is 0 Å². The molecular formula is C13H14FN3O3. The van der Waals surface area contributed by atoms with Crippen LogP contribution in [0.2, 0.25) is 0 Å². The van der Waals surface area contributed by atoms with E-state index in [9.17, 15) is 19.3 Å². The van der Waals surface area contributed by atoms with Gasteiger partial charge in [-0.15, -0.1) is 0 Å². The van der Waals surface area contributed by atoms with Crippen LogP contribution >= 0.6 is 0 Å². The van der Waals surface area contributed by atoms with Gasteiger partial charge in [-0.2, -0.15) is 4.39 Å². The van der Waals surface area contributed by atoms with Gasteiger partial charge in [-0.1, -0.05) is 12.1 Å². The SMILES string of the molecule is CC(C)n1ccn(Cc2cccc([N+](=O)[O-])c2F)c1=O. The highest BCUT2D eigenvalue weighted by Gasteiger charge is 2.18. The van der Waals surface area contributed by atoms with Crippen molar-refractivity contribution in [3.8, 4) is 0 Å². The highest BCUT2D eigenvalue weighted by Crippen LogP contribution is 2.20. The predicted octanol–water partition coefficient (Wildman–Crippen LogP) is 2.33. The Morgan fingerprint density at radius 1 is 1.35 bits per heavy atom. The molecule has 106 valence electrons. The topological polar surface area (TPSA) is 70.1 Å². The van der Waals surface area contributed by atoms with Gasteiger partial charge in [0, 0.05) is 30.1 Å². The van der Waals surface area contributed by atoms with Crippen LogP contribution < -0.4 is 5.69 Å². The van der Waals surface area contributed by atoms with E-state index in [0.29, 0.717) is 0 Å². The van der Waals surface area contributed by atoms with Crippen LogP contribution in [-0.2, 0) is 6.54 Å². The average molecular weight is 279 g/mol. The van der Waals surface area contributed by atoms with E-state index in [-0.39, 0.29) is 23.8 Å². The zero-order valence-electron chi connectivity index (χ0n) is 11.1. The third kappa shape index (κ3) is 2.47. The summed E-state index contributed by atoms with van der Waals surface area (Å²) in [5.74, 6) is -0.901. The molecule has 7 heteroatoms. The van der Waals surface area contributed by atoms with Gasteiger partial charge in [-0.05, 0) is 13.8 Å². The summed E-state index contributed by atoms with van der Waals surface area (Å²) in [6.45, 7) is 3.69. The number of aromatic nitrogens is 2. The highest BCUT2D eigenvalue weighted by atomic mass is 19.1. The highest BCUT2D eigenvalue weighted by molar-refractivity contribution is 5.36. The van der Waals surface area contributed by atoms with Gasteiger partial charge in [0.1, 0.15) is 0 Å². The number of imidazole rings is 1. The molecule has 0 atom stereocenters.